The fraction of sp³-hybridized carbons (Fsp3) is 0.0952. The molecule has 1 amide bonds. The van der Waals surface area contributed by atoms with E-state index >= 15 is 0 Å². The summed E-state index contributed by atoms with van der Waals surface area (Å²) in [6.45, 7) is 0.121. The topological polar surface area (TPSA) is 72.7 Å². The Bertz CT molecular complexity index is 957. The van der Waals surface area contributed by atoms with E-state index < -0.39 is 4.92 Å². The third kappa shape index (κ3) is 4.30. The van der Waals surface area contributed by atoms with E-state index in [9.17, 15) is 14.9 Å². The Morgan fingerprint density at radius 1 is 0.963 bits per heavy atom. The highest BCUT2D eigenvalue weighted by atomic mass is 16.6. The molecular formula is C21H18N2O4. The first-order valence-electron chi connectivity index (χ1n) is 8.36. The van der Waals surface area contributed by atoms with Crippen LogP contribution in [0.5, 0.6) is 11.5 Å². The summed E-state index contributed by atoms with van der Waals surface area (Å²) < 4.78 is 5.84. The van der Waals surface area contributed by atoms with Gasteiger partial charge in [-0.15, -0.1) is 0 Å². The molecule has 0 fully saturated rings. The van der Waals surface area contributed by atoms with Gasteiger partial charge >= 0.3 is 0 Å². The zero-order chi connectivity index (χ0) is 19.2. The first-order valence-corrected chi connectivity index (χ1v) is 8.36. The number of carbonyl (C=O) groups excluding carboxylic acids is 1. The van der Waals surface area contributed by atoms with Gasteiger partial charge in [-0.3, -0.25) is 14.9 Å². The Balaban J connectivity index is 1.83. The highest BCUT2D eigenvalue weighted by Gasteiger charge is 2.20. The standard InChI is InChI=1S/C21H18N2O4/c1-22(15-16-9-5-7-13-19(16)23(25)26)21(24)18-12-6-8-14-20(18)27-17-10-3-2-4-11-17/h2-14H,15H2,1H3. The SMILES string of the molecule is CN(Cc1ccccc1[N+](=O)[O-])C(=O)c1ccccc1Oc1ccccc1. The van der Waals surface area contributed by atoms with Crippen LogP contribution in [0.3, 0.4) is 0 Å². The average Bonchev–Trinajstić information content (AvgIpc) is 2.69. The summed E-state index contributed by atoms with van der Waals surface area (Å²) in [5.41, 5.74) is 0.855. The Labute approximate surface area is 156 Å². The smallest absolute Gasteiger partial charge is 0.274 e. The number of nitrogens with zero attached hydrogens (tertiary/aromatic N) is 2. The molecule has 136 valence electrons. The molecule has 3 aromatic carbocycles. The summed E-state index contributed by atoms with van der Waals surface area (Å²) in [6.07, 6.45) is 0. The van der Waals surface area contributed by atoms with Crippen LogP contribution in [0.4, 0.5) is 5.69 Å². The molecule has 6 nitrogen and oxygen atoms in total. The quantitative estimate of drug-likeness (QED) is 0.472. The van der Waals surface area contributed by atoms with E-state index in [1.54, 1.807) is 61.6 Å². The van der Waals surface area contributed by atoms with Crippen LogP contribution in [0.15, 0.2) is 78.9 Å². The molecule has 0 aromatic heterocycles. The van der Waals surface area contributed by atoms with E-state index in [0.29, 0.717) is 22.6 Å². The highest BCUT2D eigenvalue weighted by molar-refractivity contribution is 5.96. The van der Waals surface area contributed by atoms with E-state index in [1.807, 2.05) is 18.2 Å². The first kappa shape index (κ1) is 18.1. The van der Waals surface area contributed by atoms with E-state index in [-0.39, 0.29) is 18.1 Å². The Hall–Kier alpha value is -3.67. The third-order valence-corrected chi connectivity index (χ3v) is 4.03. The number of benzene rings is 3. The predicted octanol–water partition coefficient (Wildman–Crippen LogP) is 4.66. The number of nitro benzene ring substituents is 1. The zero-order valence-corrected chi connectivity index (χ0v) is 14.7. The molecule has 27 heavy (non-hydrogen) atoms. The summed E-state index contributed by atoms with van der Waals surface area (Å²) in [6, 6.07) is 22.5. The molecule has 0 unspecified atom stereocenters. The van der Waals surface area contributed by atoms with Crippen molar-refractivity contribution >= 4 is 11.6 Å². The Morgan fingerprint density at radius 3 is 2.33 bits per heavy atom. The number of hydrogen-bond acceptors (Lipinski definition) is 4. The molecule has 0 aliphatic heterocycles. The second-order valence-electron chi connectivity index (χ2n) is 5.96. The molecule has 0 saturated carbocycles. The summed E-state index contributed by atoms with van der Waals surface area (Å²) in [5, 5.41) is 11.2. The Morgan fingerprint density at radius 2 is 1.59 bits per heavy atom. The van der Waals surface area contributed by atoms with Gasteiger partial charge in [0.25, 0.3) is 11.6 Å². The van der Waals surface area contributed by atoms with Crippen molar-refractivity contribution in [1.29, 1.82) is 0 Å². The van der Waals surface area contributed by atoms with Crippen LogP contribution in [0, 0.1) is 10.1 Å². The molecule has 0 aliphatic rings. The minimum Gasteiger partial charge on any atom is -0.457 e. The van der Waals surface area contributed by atoms with E-state index in [0.717, 1.165) is 0 Å². The lowest BCUT2D eigenvalue weighted by Gasteiger charge is -2.19. The number of ether oxygens (including phenoxy) is 1. The molecule has 0 spiro atoms. The number of para-hydroxylation sites is 3. The van der Waals surface area contributed by atoms with Crippen molar-refractivity contribution < 1.29 is 14.5 Å². The lowest BCUT2D eigenvalue weighted by atomic mass is 10.1. The van der Waals surface area contributed by atoms with Crippen molar-refractivity contribution in [1.82, 2.24) is 4.90 Å². The van der Waals surface area contributed by atoms with Crippen LogP contribution in [-0.2, 0) is 6.54 Å². The van der Waals surface area contributed by atoms with Gasteiger partial charge in [0.1, 0.15) is 11.5 Å². The summed E-state index contributed by atoms with van der Waals surface area (Å²) in [5.74, 6) is 0.780. The van der Waals surface area contributed by atoms with Gasteiger partial charge in [-0.1, -0.05) is 48.5 Å². The van der Waals surface area contributed by atoms with Crippen molar-refractivity contribution in [3.63, 3.8) is 0 Å². The van der Waals surface area contributed by atoms with Crippen molar-refractivity contribution in [3.05, 3.63) is 100 Å². The minimum absolute atomic E-state index is 0.00836. The van der Waals surface area contributed by atoms with Gasteiger partial charge in [-0.25, -0.2) is 0 Å². The average molecular weight is 362 g/mol. The molecule has 0 radical (unpaired) electrons. The number of rotatable bonds is 6. The lowest BCUT2D eigenvalue weighted by molar-refractivity contribution is -0.385. The van der Waals surface area contributed by atoms with Crippen LogP contribution in [0.25, 0.3) is 0 Å². The van der Waals surface area contributed by atoms with Crippen LogP contribution >= 0.6 is 0 Å². The van der Waals surface area contributed by atoms with Crippen molar-refractivity contribution in [2.75, 3.05) is 7.05 Å². The molecule has 0 bridgehead atoms. The normalized spacial score (nSPS) is 10.3. The molecule has 0 aliphatic carbocycles. The molecule has 0 heterocycles. The van der Waals surface area contributed by atoms with Crippen LogP contribution in [0.1, 0.15) is 15.9 Å². The number of nitro groups is 1. The first-order chi connectivity index (χ1) is 13.1. The van der Waals surface area contributed by atoms with Gasteiger partial charge in [-0.2, -0.15) is 0 Å². The monoisotopic (exact) mass is 362 g/mol. The summed E-state index contributed by atoms with van der Waals surface area (Å²) >= 11 is 0. The van der Waals surface area contributed by atoms with Crippen molar-refractivity contribution in [2.24, 2.45) is 0 Å². The van der Waals surface area contributed by atoms with Gasteiger partial charge < -0.3 is 9.64 Å². The summed E-state index contributed by atoms with van der Waals surface area (Å²) in [7, 11) is 1.61. The van der Waals surface area contributed by atoms with Gasteiger partial charge in [0.2, 0.25) is 0 Å². The maximum absolute atomic E-state index is 12.9. The van der Waals surface area contributed by atoms with E-state index in [4.69, 9.17) is 4.74 Å². The van der Waals surface area contributed by atoms with Gasteiger partial charge in [-0.05, 0) is 24.3 Å². The largest absolute Gasteiger partial charge is 0.457 e. The van der Waals surface area contributed by atoms with Gasteiger partial charge in [0, 0.05) is 18.7 Å². The molecule has 0 saturated heterocycles. The maximum Gasteiger partial charge on any atom is 0.274 e. The van der Waals surface area contributed by atoms with Crippen molar-refractivity contribution in [2.45, 2.75) is 6.54 Å². The molecule has 0 atom stereocenters. The number of amides is 1. The molecule has 6 heteroatoms. The van der Waals surface area contributed by atoms with Gasteiger partial charge in [0.05, 0.1) is 17.0 Å². The van der Waals surface area contributed by atoms with E-state index in [1.165, 1.54) is 11.0 Å². The second-order valence-corrected chi connectivity index (χ2v) is 5.96. The minimum atomic E-state index is -0.444. The maximum atomic E-state index is 12.9. The summed E-state index contributed by atoms with van der Waals surface area (Å²) in [4.78, 5) is 25.1. The number of hydrogen-bond donors (Lipinski definition) is 0. The zero-order valence-electron chi connectivity index (χ0n) is 14.7. The van der Waals surface area contributed by atoms with E-state index in [2.05, 4.69) is 0 Å². The Kier molecular flexibility index (Phi) is 5.47. The van der Waals surface area contributed by atoms with Crippen molar-refractivity contribution in [3.8, 4) is 11.5 Å². The molecule has 0 N–H and O–H groups in total. The third-order valence-electron chi connectivity index (χ3n) is 4.03. The molecule has 3 rings (SSSR count). The fourth-order valence-electron chi connectivity index (χ4n) is 2.70. The second kappa shape index (κ2) is 8.14. The lowest BCUT2D eigenvalue weighted by Crippen LogP contribution is -2.26. The molecule has 3 aromatic rings. The highest BCUT2D eigenvalue weighted by Crippen LogP contribution is 2.27. The molecular weight excluding hydrogens is 344 g/mol. The number of carbonyl (C=O) groups is 1. The van der Waals surface area contributed by atoms with Gasteiger partial charge in [0.15, 0.2) is 0 Å². The van der Waals surface area contributed by atoms with Crippen LogP contribution in [0.2, 0.25) is 0 Å². The predicted molar refractivity (Wildman–Crippen MR) is 102 cm³/mol. The van der Waals surface area contributed by atoms with Crippen LogP contribution in [-0.4, -0.2) is 22.8 Å². The van der Waals surface area contributed by atoms with Crippen LogP contribution < -0.4 is 4.74 Å². The fourth-order valence-corrected chi connectivity index (χ4v) is 2.70.